The predicted octanol–water partition coefficient (Wildman–Crippen LogP) is 1.42. The van der Waals surface area contributed by atoms with Crippen LogP contribution in [0.2, 0.25) is 0 Å². The van der Waals surface area contributed by atoms with Crippen molar-refractivity contribution in [3.63, 3.8) is 0 Å². The largest absolute Gasteiger partial charge is 0.508 e. The molecule has 0 heterocycles. The minimum Gasteiger partial charge on any atom is -0.508 e. The molecule has 4 N–H and O–H groups in total. The standard InChI is InChI=1S/C12H19NO3/c1-7(2)12(15)11(13)9-5-4-8(14)6-10(9)16-3/h4-7,11-12,14-15H,13H2,1-3H3/t11-,12+/m1/s1. The SMILES string of the molecule is COc1cc(O)ccc1[C@@H](N)[C@@H](O)C(C)C. The highest BCUT2D eigenvalue weighted by molar-refractivity contribution is 5.42. The van der Waals surface area contributed by atoms with Crippen molar-refractivity contribution in [3.05, 3.63) is 23.8 Å². The molecular weight excluding hydrogens is 206 g/mol. The molecule has 0 aromatic heterocycles. The van der Waals surface area contributed by atoms with Crippen LogP contribution in [0.5, 0.6) is 11.5 Å². The lowest BCUT2D eigenvalue weighted by Gasteiger charge is -2.24. The second kappa shape index (κ2) is 5.18. The van der Waals surface area contributed by atoms with Crippen LogP contribution in [0.25, 0.3) is 0 Å². The van der Waals surface area contributed by atoms with Gasteiger partial charge in [-0.1, -0.05) is 13.8 Å². The van der Waals surface area contributed by atoms with Gasteiger partial charge in [0.25, 0.3) is 0 Å². The zero-order valence-electron chi connectivity index (χ0n) is 9.84. The van der Waals surface area contributed by atoms with Crippen LogP contribution < -0.4 is 10.5 Å². The molecule has 0 fully saturated rings. The molecule has 0 amide bonds. The molecular formula is C12H19NO3. The third-order valence-electron chi connectivity index (χ3n) is 2.63. The summed E-state index contributed by atoms with van der Waals surface area (Å²) in [5, 5.41) is 19.2. The van der Waals surface area contributed by atoms with E-state index >= 15 is 0 Å². The Labute approximate surface area is 95.7 Å². The van der Waals surface area contributed by atoms with Gasteiger partial charge in [-0.3, -0.25) is 0 Å². The minimum absolute atomic E-state index is 0.0634. The smallest absolute Gasteiger partial charge is 0.127 e. The number of phenols is 1. The monoisotopic (exact) mass is 225 g/mol. The van der Waals surface area contributed by atoms with Crippen LogP contribution >= 0.6 is 0 Å². The van der Waals surface area contributed by atoms with Crippen LogP contribution in [0, 0.1) is 5.92 Å². The van der Waals surface area contributed by atoms with Crippen LogP contribution in [-0.2, 0) is 0 Å². The van der Waals surface area contributed by atoms with Crippen molar-refractivity contribution in [3.8, 4) is 11.5 Å². The molecule has 1 rings (SSSR count). The lowest BCUT2D eigenvalue weighted by atomic mass is 9.94. The maximum Gasteiger partial charge on any atom is 0.127 e. The molecule has 0 spiro atoms. The molecule has 0 aliphatic heterocycles. The number of hydrogen-bond acceptors (Lipinski definition) is 4. The van der Waals surface area contributed by atoms with Crippen molar-refractivity contribution in [2.24, 2.45) is 11.7 Å². The highest BCUT2D eigenvalue weighted by Gasteiger charge is 2.23. The number of aliphatic hydroxyl groups is 1. The second-order valence-corrected chi connectivity index (χ2v) is 4.19. The molecule has 0 aliphatic rings. The molecule has 4 heteroatoms. The lowest BCUT2D eigenvalue weighted by molar-refractivity contribution is 0.0969. The molecule has 0 saturated heterocycles. The lowest BCUT2D eigenvalue weighted by Crippen LogP contribution is -2.30. The Bertz CT molecular complexity index is 352. The van der Waals surface area contributed by atoms with E-state index in [9.17, 15) is 10.2 Å². The van der Waals surface area contributed by atoms with Gasteiger partial charge in [-0.25, -0.2) is 0 Å². The fourth-order valence-electron chi connectivity index (χ4n) is 1.57. The molecule has 90 valence electrons. The number of nitrogens with two attached hydrogens (primary N) is 1. The number of aliphatic hydroxyl groups excluding tert-OH is 1. The molecule has 4 nitrogen and oxygen atoms in total. The Morgan fingerprint density at radius 2 is 1.94 bits per heavy atom. The normalized spacial score (nSPS) is 14.9. The topological polar surface area (TPSA) is 75.7 Å². The van der Waals surface area contributed by atoms with Crippen molar-refractivity contribution in [2.45, 2.75) is 26.0 Å². The second-order valence-electron chi connectivity index (χ2n) is 4.19. The van der Waals surface area contributed by atoms with Gasteiger partial charge in [0.2, 0.25) is 0 Å². The average Bonchev–Trinajstić information content (AvgIpc) is 2.26. The van der Waals surface area contributed by atoms with Gasteiger partial charge in [0.15, 0.2) is 0 Å². The van der Waals surface area contributed by atoms with E-state index < -0.39 is 12.1 Å². The number of rotatable bonds is 4. The molecule has 0 bridgehead atoms. The first-order valence-corrected chi connectivity index (χ1v) is 5.28. The fraction of sp³-hybridized carbons (Fsp3) is 0.500. The highest BCUT2D eigenvalue weighted by atomic mass is 16.5. The zero-order valence-corrected chi connectivity index (χ0v) is 9.84. The summed E-state index contributed by atoms with van der Waals surface area (Å²) >= 11 is 0. The van der Waals surface area contributed by atoms with Gasteiger partial charge in [-0.05, 0) is 18.1 Å². The molecule has 1 aromatic rings. The average molecular weight is 225 g/mol. The van der Waals surface area contributed by atoms with Crippen LogP contribution in [-0.4, -0.2) is 23.4 Å². The van der Waals surface area contributed by atoms with E-state index in [1.54, 1.807) is 6.07 Å². The maximum atomic E-state index is 9.89. The van der Waals surface area contributed by atoms with Gasteiger partial charge in [0.1, 0.15) is 11.5 Å². The number of ether oxygens (including phenoxy) is 1. The summed E-state index contributed by atoms with van der Waals surface area (Å²) in [6.07, 6.45) is -0.640. The molecule has 0 saturated carbocycles. The summed E-state index contributed by atoms with van der Waals surface area (Å²) in [7, 11) is 1.51. The summed E-state index contributed by atoms with van der Waals surface area (Å²) in [4.78, 5) is 0. The van der Waals surface area contributed by atoms with Crippen LogP contribution in [0.4, 0.5) is 0 Å². The summed E-state index contributed by atoms with van der Waals surface area (Å²) < 4.78 is 5.13. The first-order chi connectivity index (χ1) is 7.47. The molecule has 1 aromatic carbocycles. The summed E-state index contributed by atoms with van der Waals surface area (Å²) in [5.74, 6) is 0.674. The molecule has 0 aliphatic carbocycles. The summed E-state index contributed by atoms with van der Waals surface area (Å²) in [6.45, 7) is 3.80. The Morgan fingerprint density at radius 1 is 1.31 bits per heavy atom. The van der Waals surface area contributed by atoms with Crippen molar-refractivity contribution in [1.29, 1.82) is 0 Å². The Hall–Kier alpha value is -1.26. The summed E-state index contributed by atoms with van der Waals surface area (Å²) in [5.41, 5.74) is 6.65. The van der Waals surface area contributed by atoms with Crippen molar-refractivity contribution in [1.82, 2.24) is 0 Å². The Morgan fingerprint density at radius 3 is 2.44 bits per heavy atom. The van der Waals surface area contributed by atoms with Crippen LogP contribution in [0.3, 0.4) is 0 Å². The van der Waals surface area contributed by atoms with E-state index in [0.717, 1.165) is 0 Å². The summed E-state index contributed by atoms with van der Waals surface area (Å²) in [6, 6.07) is 4.17. The first-order valence-electron chi connectivity index (χ1n) is 5.28. The third kappa shape index (κ3) is 2.65. The van der Waals surface area contributed by atoms with Gasteiger partial charge >= 0.3 is 0 Å². The minimum atomic E-state index is -0.640. The zero-order chi connectivity index (χ0) is 12.3. The van der Waals surface area contributed by atoms with Gasteiger partial charge in [0.05, 0.1) is 19.3 Å². The van der Waals surface area contributed by atoms with Gasteiger partial charge in [-0.15, -0.1) is 0 Å². The number of phenolic OH excluding ortho intramolecular Hbond substituents is 1. The van der Waals surface area contributed by atoms with Gasteiger partial charge in [0, 0.05) is 11.6 Å². The molecule has 0 radical (unpaired) electrons. The molecule has 2 atom stereocenters. The fourth-order valence-corrected chi connectivity index (χ4v) is 1.57. The predicted molar refractivity (Wildman–Crippen MR) is 62.4 cm³/mol. The van der Waals surface area contributed by atoms with E-state index in [-0.39, 0.29) is 11.7 Å². The van der Waals surface area contributed by atoms with E-state index in [0.29, 0.717) is 11.3 Å². The number of methoxy groups -OCH3 is 1. The third-order valence-corrected chi connectivity index (χ3v) is 2.63. The van der Waals surface area contributed by atoms with Crippen LogP contribution in [0.1, 0.15) is 25.5 Å². The first kappa shape index (κ1) is 12.8. The van der Waals surface area contributed by atoms with E-state index in [2.05, 4.69) is 0 Å². The number of aromatic hydroxyl groups is 1. The Balaban J connectivity index is 3.03. The van der Waals surface area contributed by atoms with Crippen LogP contribution in [0.15, 0.2) is 18.2 Å². The number of hydrogen-bond donors (Lipinski definition) is 3. The van der Waals surface area contributed by atoms with Crippen molar-refractivity contribution >= 4 is 0 Å². The maximum absolute atomic E-state index is 9.89. The molecule has 16 heavy (non-hydrogen) atoms. The van der Waals surface area contributed by atoms with E-state index in [1.165, 1.54) is 19.2 Å². The molecule has 0 unspecified atom stereocenters. The van der Waals surface area contributed by atoms with Crippen molar-refractivity contribution < 1.29 is 14.9 Å². The Kier molecular flexibility index (Phi) is 4.15. The quantitative estimate of drug-likeness (QED) is 0.724. The van der Waals surface area contributed by atoms with Gasteiger partial charge in [-0.2, -0.15) is 0 Å². The van der Waals surface area contributed by atoms with Crippen molar-refractivity contribution in [2.75, 3.05) is 7.11 Å². The highest BCUT2D eigenvalue weighted by Crippen LogP contribution is 2.30. The number of benzene rings is 1. The van der Waals surface area contributed by atoms with E-state index in [4.69, 9.17) is 10.5 Å². The van der Waals surface area contributed by atoms with E-state index in [1.807, 2.05) is 13.8 Å². The van der Waals surface area contributed by atoms with Gasteiger partial charge < -0.3 is 20.7 Å².